The summed E-state index contributed by atoms with van der Waals surface area (Å²) < 4.78 is 11.0. The van der Waals surface area contributed by atoms with Crippen LogP contribution in [-0.2, 0) is 14.3 Å². The van der Waals surface area contributed by atoms with Crippen molar-refractivity contribution >= 4 is 5.97 Å². The maximum absolute atomic E-state index is 11.3. The van der Waals surface area contributed by atoms with Crippen molar-refractivity contribution in [2.45, 2.75) is 72.0 Å². The molecule has 0 aromatic carbocycles. The van der Waals surface area contributed by atoms with Crippen LogP contribution >= 0.6 is 0 Å². The number of carbonyl (C=O) groups excluding carboxylic acids is 1. The van der Waals surface area contributed by atoms with Gasteiger partial charge in [-0.1, -0.05) is 31.2 Å². The molecule has 0 aromatic rings. The Morgan fingerprint density at radius 1 is 1.32 bits per heavy atom. The van der Waals surface area contributed by atoms with Gasteiger partial charge in [0.15, 0.2) is 0 Å². The number of allylic oxidation sites excluding steroid dienone is 2. The molecule has 0 spiro atoms. The van der Waals surface area contributed by atoms with Gasteiger partial charge >= 0.3 is 5.97 Å². The van der Waals surface area contributed by atoms with E-state index in [1.807, 2.05) is 0 Å². The van der Waals surface area contributed by atoms with Crippen LogP contribution in [0.3, 0.4) is 0 Å². The lowest BCUT2D eigenvalue weighted by Crippen LogP contribution is -2.34. The lowest BCUT2D eigenvalue weighted by Gasteiger charge is -2.44. The molecular formula is C22H34O3. The molecule has 25 heavy (non-hydrogen) atoms. The highest BCUT2D eigenvalue weighted by Gasteiger charge is 2.47. The van der Waals surface area contributed by atoms with Crippen LogP contribution in [0.1, 0.15) is 60.3 Å². The Morgan fingerprint density at radius 3 is 2.44 bits per heavy atom. The van der Waals surface area contributed by atoms with Crippen LogP contribution in [0.15, 0.2) is 36.5 Å². The Labute approximate surface area is 153 Å². The monoisotopic (exact) mass is 346 g/mol. The molecule has 2 fully saturated rings. The molecule has 2 aliphatic rings. The number of epoxide rings is 1. The summed E-state index contributed by atoms with van der Waals surface area (Å²) in [5.41, 5.74) is 2.54. The summed E-state index contributed by atoms with van der Waals surface area (Å²) in [6.07, 6.45) is 8.73. The number of hydrogen-bond donors (Lipinski definition) is 0. The summed E-state index contributed by atoms with van der Waals surface area (Å²) in [5, 5.41) is 0. The van der Waals surface area contributed by atoms with Gasteiger partial charge in [0.05, 0.1) is 11.7 Å². The molecule has 0 aromatic heterocycles. The zero-order valence-corrected chi connectivity index (χ0v) is 16.6. The van der Waals surface area contributed by atoms with E-state index < -0.39 is 0 Å². The molecule has 1 aliphatic heterocycles. The van der Waals surface area contributed by atoms with Crippen molar-refractivity contribution in [2.24, 2.45) is 17.3 Å². The molecule has 4 atom stereocenters. The highest BCUT2D eigenvalue weighted by molar-refractivity contribution is 5.66. The van der Waals surface area contributed by atoms with Crippen LogP contribution in [0.5, 0.6) is 0 Å². The first-order valence-electron chi connectivity index (χ1n) is 9.38. The Morgan fingerprint density at radius 2 is 1.96 bits per heavy atom. The van der Waals surface area contributed by atoms with Gasteiger partial charge in [-0.3, -0.25) is 4.79 Å². The van der Waals surface area contributed by atoms with Gasteiger partial charge in [0.2, 0.25) is 0 Å². The average molecular weight is 347 g/mol. The SMILES string of the molecule is C=CC1(C)CCC(C(=CCC2OC2(C)C)COC(C)=O)CC1C(=C)C. The second-order valence-corrected chi connectivity index (χ2v) is 8.59. The topological polar surface area (TPSA) is 38.8 Å². The van der Waals surface area contributed by atoms with Crippen LogP contribution in [-0.4, -0.2) is 24.3 Å². The molecule has 4 unspecified atom stereocenters. The summed E-state index contributed by atoms with van der Waals surface area (Å²) in [6.45, 7) is 18.8. The van der Waals surface area contributed by atoms with E-state index in [1.54, 1.807) is 0 Å². The van der Waals surface area contributed by atoms with Gasteiger partial charge in [0.25, 0.3) is 0 Å². The molecule has 3 nitrogen and oxygen atoms in total. The van der Waals surface area contributed by atoms with Gasteiger partial charge < -0.3 is 9.47 Å². The summed E-state index contributed by atoms with van der Waals surface area (Å²) in [4.78, 5) is 11.3. The highest BCUT2D eigenvalue weighted by atomic mass is 16.6. The van der Waals surface area contributed by atoms with Crippen molar-refractivity contribution in [2.75, 3.05) is 6.61 Å². The van der Waals surface area contributed by atoms with Crippen LogP contribution in [0, 0.1) is 17.3 Å². The van der Waals surface area contributed by atoms with Gasteiger partial charge in [-0.05, 0) is 69.3 Å². The smallest absolute Gasteiger partial charge is 0.302 e. The van der Waals surface area contributed by atoms with Crippen LogP contribution in [0.25, 0.3) is 0 Å². The third kappa shape index (κ3) is 4.84. The van der Waals surface area contributed by atoms with Gasteiger partial charge in [-0.15, -0.1) is 6.58 Å². The van der Waals surface area contributed by atoms with Gasteiger partial charge in [0, 0.05) is 6.92 Å². The van der Waals surface area contributed by atoms with E-state index in [1.165, 1.54) is 18.1 Å². The Balaban J connectivity index is 2.13. The predicted octanol–water partition coefficient (Wildman–Crippen LogP) is 5.23. The van der Waals surface area contributed by atoms with Gasteiger partial charge in [0.1, 0.15) is 6.61 Å². The van der Waals surface area contributed by atoms with E-state index in [9.17, 15) is 4.79 Å². The quantitative estimate of drug-likeness (QED) is 0.360. The third-order valence-corrected chi connectivity index (χ3v) is 6.13. The molecule has 1 saturated carbocycles. The molecule has 2 rings (SSSR count). The van der Waals surface area contributed by atoms with E-state index in [-0.39, 0.29) is 23.1 Å². The van der Waals surface area contributed by atoms with Gasteiger partial charge in [-0.2, -0.15) is 0 Å². The molecule has 0 N–H and O–H groups in total. The Kier molecular flexibility index (Phi) is 5.98. The van der Waals surface area contributed by atoms with Crippen molar-refractivity contribution in [3.05, 3.63) is 36.5 Å². The Bertz CT molecular complexity index is 572. The van der Waals surface area contributed by atoms with E-state index in [0.29, 0.717) is 18.4 Å². The zero-order chi connectivity index (χ0) is 18.8. The molecule has 1 aliphatic carbocycles. The average Bonchev–Trinajstić information content (AvgIpc) is 3.14. The first kappa shape index (κ1) is 20.0. The lowest BCUT2D eigenvalue weighted by molar-refractivity contribution is -0.140. The fourth-order valence-electron chi connectivity index (χ4n) is 4.13. The molecule has 0 bridgehead atoms. The summed E-state index contributed by atoms with van der Waals surface area (Å²) >= 11 is 0. The molecule has 0 radical (unpaired) electrons. The molecule has 3 heteroatoms. The third-order valence-electron chi connectivity index (χ3n) is 6.13. The molecule has 1 heterocycles. The van der Waals surface area contributed by atoms with E-state index in [2.05, 4.69) is 53.0 Å². The van der Waals surface area contributed by atoms with E-state index in [0.717, 1.165) is 25.7 Å². The second kappa shape index (κ2) is 7.49. The summed E-state index contributed by atoms with van der Waals surface area (Å²) in [5.74, 6) is 0.617. The van der Waals surface area contributed by atoms with Crippen LogP contribution in [0.2, 0.25) is 0 Å². The van der Waals surface area contributed by atoms with Crippen molar-refractivity contribution in [1.29, 1.82) is 0 Å². The summed E-state index contributed by atoms with van der Waals surface area (Å²) in [7, 11) is 0. The first-order valence-corrected chi connectivity index (χ1v) is 9.38. The minimum Gasteiger partial charge on any atom is -0.461 e. The minimum absolute atomic E-state index is 0.0166. The molecule has 140 valence electrons. The maximum Gasteiger partial charge on any atom is 0.302 e. The van der Waals surface area contributed by atoms with Gasteiger partial charge in [-0.25, -0.2) is 0 Å². The van der Waals surface area contributed by atoms with Crippen molar-refractivity contribution in [1.82, 2.24) is 0 Å². The first-order chi connectivity index (χ1) is 11.6. The molecule has 1 saturated heterocycles. The Hall–Kier alpha value is -1.35. The molecular weight excluding hydrogens is 312 g/mol. The zero-order valence-electron chi connectivity index (χ0n) is 16.6. The van der Waals surface area contributed by atoms with Crippen molar-refractivity contribution in [3.8, 4) is 0 Å². The number of carbonyl (C=O) groups is 1. The minimum atomic E-state index is -0.225. The maximum atomic E-state index is 11.3. The summed E-state index contributed by atoms with van der Waals surface area (Å²) in [6, 6.07) is 0. The number of ether oxygens (including phenoxy) is 2. The fourth-order valence-corrected chi connectivity index (χ4v) is 4.13. The fraction of sp³-hybridized carbons (Fsp3) is 0.682. The largest absolute Gasteiger partial charge is 0.461 e. The van der Waals surface area contributed by atoms with Crippen molar-refractivity contribution in [3.63, 3.8) is 0 Å². The van der Waals surface area contributed by atoms with E-state index in [4.69, 9.17) is 9.47 Å². The number of hydrogen-bond acceptors (Lipinski definition) is 3. The highest BCUT2D eigenvalue weighted by Crippen LogP contribution is 2.49. The number of rotatable bonds is 7. The van der Waals surface area contributed by atoms with Crippen LogP contribution < -0.4 is 0 Å². The van der Waals surface area contributed by atoms with Crippen LogP contribution in [0.4, 0.5) is 0 Å². The predicted molar refractivity (Wildman–Crippen MR) is 102 cm³/mol. The number of esters is 1. The second-order valence-electron chi connectivity index (χ2n) is 8.59. The standard InChI is InChI=1S/C22H34O3/c1-8-22(7)12-11-17(13-19(22)15(2)3)18(14-24-16(4)23)9-10-20-21(5,6)25-20/h8-9,17,19-20H,1-2,10-14H2,3-7H3. The molecule has 0 amide bonds. The normalized spacial score (nSPS) is 34.3. The lowest BCUT2D eigenvalue weighted by atomic mass is 9.61. The van der Waals surface area contributed by atoms with E-state index >= 15 is 0 Å². The van der Waals surface area contributed by atoms with Crippen molar-refractivity contribution < 1.29 is 14.3 Å².